The van der Waals surface area contributed by atoms with Crippen LogP contribution in [0, 0.1) is 0 Å². The van der Waals surface area contributed by atoms with Gasteiger partial charge in [0.1, 0.15) is 11.7 Å². The minimum atomic E-state index is -0.680. The van der Waals surface area contributed by atoms with Gasteiger partial charge in [0.15, 0.2) is 5.82 Å². The average Bonchev–Trinajstić information content (AvgIpc) is 3.11. The van der Waals surface area contributed by atoms with Crippen LogP contribution in [0.3, 0.4) is 0 Å². The van der Waals surface area contributed by atoms with Crippen LogP contribution in [0.2, 0.25) is 0 Å². The number of rotatable bonds is 3. The molecule has 1 saturated heterocycles. The van der Waals surface area contributed by atoms with Crippen LogP contribution in [0.4, 0.5) is 5.82 Å². The number of amides is 2. The van der Waals surface area contributed by atoms with E-state index in [0.717, 1.165) is 11.2 Å². The van der Waals surface area contributed by atoms with Gasteiger partial charge in [0.05, 0.1) is 6.20 Å². The van der Waals surface area contributed by atoms with E-state index in [4.69, 9.17) is 0 Å². The number of carbonyl (C=O) groups is 2. The van der Waals surface area contributed by atoms with E-state index < -0.39 is 6.04 Å². The lowest BCUT2D eigenvalue weighted by Crippen LogP contribution is -2.54. The summed E-state index contributed by atoms with van der Waals surface area (Å²) in [6, 6.07) is 14.4. The fourth-order valence-electron chi connectivity index (χ4n) is 3.32. The topological polar surface area (TPSA) is 57.9 Å². The predicted molar refractivity (Wildman–Crippen MR) is 98.6 cm³/mol. The fraction of sp³-hybridized carbons (Fsp3) is 0.150. The smallest absolute Gasteiger partial charge is 0.255 e. The second-order valence-corrected chi connectivity index (χ2v) is 6.10. The molecule has 1 atom stereocenters. The zero-order chi connectivity index (χ0) is 18.1. The van der Waals surface area contributed by atoms with E-state index >= 15 is 0 Å². The Labute approximate surface area is 151 Å². The molecule has 0 radical (unpaired) electrons. The van der Waals surface area contributed by atoms with E-state index in [1.807, 2.05) is 65.3 Å². The molecule has 1 unspecified atom stereocenters. The highest BCUT2D eigenvalue weighted by molar-refractivity contribution is 6.02. The highest BCUT2D eigenvalue weighted by Gasteiger charge is 2.39. The van der Waals surface area contributed by atoms with Crippen molar-refractivity contribution in [2.45, 2.75) is 6.04 Å². The normalized spacial score (nSPS) is 17.5. The lowest BCUT2D eigenvalue weighted by atomic mass is 10.0. The van der Waals surface area contributed by atoms with Crippen molar-refractivity contribution in [1.29, 1.82) is 0 Å². The first-order valence-corrected chi connectivity index (χ1v) is 8.42. The Morgan fingerprint density at radius 2 is 1.88 bits per heavy atom. The van der Waals surface area contributed by atoms with E-state index in [1.165, 1.54) is 6.08 Å². The number of pyridine rings is 1. The molecule has 1 aliphatic heterocycles. The molecule has 6 nitrogen and oxygen atoms in total. The Kier molecular flexibility index (Phi) is 4.01. The molecule has 1 aromatic carbocycles. The molecule has 2 aromatic heterocycles. The molecular formula is C20H18N4O2. The highest BCUT2D eigenvalue weighted by atomic mass is 16.2. The number of aromatic nitrogens is 2. The highest BCUT2D eigenvalue weighted by Crippen LogP contribution is 2.30. The van der Waals surface area contributed by atoms with Crippen molar-refractivity contribution in [2.75, 3.05) is 18.0 Å². The SMILES string of the molecule is C=CC(=O)N1CCN(c2cn3ccccc3n2)C(=O)C1c1ccccc1. The van der Waals surface area contributed by atoms with Crippen molar-refractivity contribution >= 4 is 23.3 Å². The van der Waals surface area contributed by atoms with Gasteiger partial charge in [0, 0.05) is 19.3 Å². The van der Waals surface area contributed by atoms with Crippen molar-refractivity contribution in [2.24, 2.45) is 0 Å². The molecule has 4 rings (SSSR count). The quantitative estimate of drug-likeness (QED) is 0.685. The van der Waals surface area contributed by atoms with Gasteiger partial charge in [0.25, 0.3) is 5.91 Å². The first-order chi connectivity index (χ1) is 12.7. The molecular weight excluding hydrogens is 328 g/mol. The van der Waals surface area contributed by atoms with Crippen LogP contribution < -0.4 is 4.90 Å². The van der Waals surface area contributed by atoms with E-state index in [0.29, 0.717) is 18.9 Å². The third kappa shape index (κ3) is 2.65. The second kappa shape index (κ2) is 6.48. The first-order valence-electron chi connectivity index (χ1n) is 8.42. The molecule has 3 aromatic rings. The van der Waals surface area contributed by atoms with Crippen molar-refractivity contribution < 1.29 is 9.59 Å². The summed E-state index contributed by atoms with van der Waals surface area (Å²) < 4.78 is 1.88. The molecule has 1 aliphatic rings. The van der Waals surface area contributed by atoms with Gasteiger partial charge in [-0.2, -0.15) is 0 Å². The Morgan fingerprint density at radius 1 is 1.12 bits per heavy atom. The zero-order valence-electron chi connectivity index (χ0n) is 14.2. The van der Waals surface area contributed by atoms with Crippen molar-refractivity contribution in [3.63, 3.8) is 0 Å². The Bertz CT molecular complexity index is 947. The van der Waals surface area contributed by atoms with Crippen LogP contribution in [-0.4, -0.2) is 39.2 Å². The van der Waals surface area contributed by atoms with Gasteiger partial charge in [-0.1, -0.05) is 43.0 Å². The van der Waals surface area contributed by atoms with Crippen molar-refractivity contribution in [3.8, 4) is 0 Å². The van der Waals surface area contributed by atoms with Crippen LogP contribution in [0.1, 0.15) is 11.6 Å². The molecule has 26 heavy (non-hydrogen) atoms. The van der Waals surface area contributed by atoms with Crippen LogP contribution >= 0.6 is 0 Å². The molecule has 0 N–H and O–H groups in total. The Balaban J connectivity index is 1.74. The number of piperazine rings is 1. The Morgan fingerprint density at radius 3 is 2.62 bits per heavy atom. The largest absolute Gasteiger partial charge is 0.321 e. The summed E-state index contributed by atoms with van der Waals surface area (Å²) in [5.41, 5.74) is 1.55. The maximum Gasteiger partial charge on any atom is 0.255 e. The van der Waals surface area contributed by atoms with E-state index in [9.17, 15) is 9.59 Å². The number of nitrogens with zero attached hydrogens (tertiary/aromatic N) is 4. The molecule has 130 valence electrons. The van der Waals surface area contributed by atoms with Crippen molar-refractivity contribution in [3.05, 3.63) is 79.1 Å². The zero-order valence-corrected chi connectivity index (χ0v) is 14.2. The minimum Gasteiger partial charge on any atom is -0.321 e. The summed E-state index contributed by atoms with van der Waals surface area (Å²) in [5, 5.41) is 0. The summed E-state index contributed by atoms with van der Waals surface area (Å²) in [5.74, 6) is 0.177. The minimum absolute atomic E-state index is 0.166. The summed E-state index contributed by atoms with van der Waals surface area (Å²) in [4.78, 5) is 33.3. The molecule has 2 amide bonds. The maximum absolute atomic E-state index is 13.3. The predicted octanol–water partition coefficient (Wildman–Crippen LogP) is 2.44. The number of carbonyl (C=O) groups excluding carboxylic acids is 2. The second-order valence-electron chi connectivity index (χ2n) is 6.10. The average molecular weight is 346 g/mol. The molecule has 0 spiro atoms. The Hall–Kier alpha value is -3.41. The first kappa shape index (κ1) is 16.1. The summed E-state index contributed by atoms with van der Waals surface area (Å²) in [6.07, 6.45) is 4.98. The van der Waals surface area contributed by atoms with Gasteiger partial charge >= 0.3 is 0 Å². The maximum atomic E-state index is 13.3. The van der Waals surface area contributed by atoms with E-state index in [2.05, 4.69) is 11.6 Å². The standard InChI is InChI=1S/C20H18N4O2/c1-2-18(25)24-13-12-23(17-14-22-11-7-6-10-16(22)21-17)20(26)19(24)15-8-4-3-5-9-15/h2-11,14,19H,1,12-13H2. The van der Waals surface area contributed by atoms with Crippen LogP contribution in [0.25, 0.3) is 5.65 Å². The van der Waals surface area contributed by atoms with E-state index in [-0.39, 0.29) is 11.8 Å². The van der Waals surface area contributed by atoms with Gasteiger partial charge in [0.2, 0.25) is 5.91 Å². The number of fused-ring (bicyclic) bond motifs is 1. The fourth-order valence-corrected chi connectivity index (χ4v) is 3.32. The monoisotopic (exact) mass is 346 g/mol. The van der Waals surface area contributed by atoms with Gasteiger partial charge in [-0.05, 0) is 23.8 Å². The third-order valence-corrected chi connectivity index (χ3v) is 4.58. The number of benzene rings is 1. The molecule has 1 fully saturated rings. The summed E-state index contributed by atoms with van der Waals surface area (Å²) in [6.45, 7) is 4.38. The lowest BCUT2D eigenvalue weighted by molar-refractivity contribution is -0.138. The van der Waals surface area contributed by atoms with Gasteiger partial charge in [-0.15, -0.1) is 0 Å². The summed E-state index contributed by atoms with van der Waals surface area (Å²) >= 11 is 0. The van der Waals surface area contributed by atoms with Crippen LogP contribution in [0.15, 0.2) is 73.6 Å². The number of imidazole rings is 1. The number of hydrogen-bond acceptors (Lipinski definition) is 3. The van der Waals surface area contributed by atoms with Crippen molar-refractivity contribution in [1.82, 2.24) is 14.3 Å². The van der Waals surface area contributed by atoms with Gasteiger partial charge in [-0.25, -0.2) is 4.98 Å². The third-order valence-electron chi connectivity index (χ3n) is 4.58. The van der Waals surface area contributed by atoms with Gasteiger partial charge in [-0.3, -0.25) is 14.5 Å². The molecule has 3 heterocycles. The van der Waals surface area contributed by atoms with Crippen LogP contribution in [0.5, 0.6) is 0 Å². The van der Waals surface area contributed by atoms with Gasteiger partial charge < -0.3 is 9.30 Å². The molecule has 6 heteroatoms. The van der Waals surface area contributed by atoms with E-state index in [1.54, 1.807) is 9.80 Å². The molecule has 0 aliphatic carbocycles. The van der Waals surface area contributed by atoms with Crippen LogP contribution in [-0.2, 0) is 9.59 Å². The number of anilines is 1. The molecule has 0 bridgehead atoms. The lowest BCUT2D eigenvalue weighted by Gasteiger charge is -2.39. The summed E-state index contributed by atoms with van der Waals surface area (Å²) in [7, 11) is 0. The number of hydrogen-bond donors (Lipinski definition) is 0. The molecule has 0 saturated carbocycles.